The normalized spacial score (nSPS) is 11.3. The lowest BCUT2D eigenvalue weighted by atomic mass is 10.1. The topological polar surface area (TPSA) is 46.2 Å². The molecule has 0 unspecified atom stereocenters. The third kappa shape index (κ3) is 5.77. The zero-order valence-corrected chi connectivity index (χ0v) is 15.3. The Morgan fingerprint density at radius 1 is 0.852 bits per heavy atom. The number of rotatable bonds is 9. The molecule has 0 aliphatic carbocycles. The zero-order valence-electron chi connectivity index (χ0n) is 15.3. The van der Waals surface area contributed by atoms with Crippen molar-refractivity contribution in [2.45, 2.75) is 19.7 Å². The van der Waals surface area contributed by atoms with E-state index in [-0.39, 0.29) is 24.7 Å². The average Bonchev–Trinajstić information content (AvgIpc) is 2.64. The number of hydrogen-bond acceptors (Lipinski definition) is 5. The van der Waals surface area contributed by atoms with Gasteiger partial charge in [0.15, 0.2) is 11.5 Å². The Morgan fingerprint density at radius 3 is 2.15 bits per heavy atom. The number of alkyl halides is 3. The van der Waals surface area contributed by atoms with Crippen molar-refractivity contribution in [2.75, 3.05) is 27.6 Å². The van der Waals surface area contributed by atoms with Crippen LogP contribution in [0.4, 0.5) is 13.2 Å². The summed E-state index contributed by atoms with van der Waals surface area (Å²) in [5.41, 5.74) is -0.821. The van der Waals surface area contributed by atoms with Gasteiger partial charge in [-0.2, -0.15) is 13.2 Å². The largest absolute Gasteiger partial charge is 0.493 e. The fourth-order valence-electron chi connectivity index (χ4n) is 2.34. The van der Waals surface area contributed by atoms with Crippen molar-refractivity contribution >= 4 is 0 Å². The second-order valence-corrected chi connectivity index (χ2v) is 5.39. The summed E-state index contributed by atoms with van der Waals surface area (Å²) < 4.78 is 65.8. The first kappa shape index (κ1) is 20.9. The van der Waals surface area contributed by atoms with Crippen LogP contribution in [0.25, 0.3) is 0 Å². The van der Waals surface area contributed by atoms with E-state index < -0.39 is 11.7 Å². The van der Waals surface area contributed by atoms with Gasteiger partial charge in [0, 0.05) is 12.7 Å². The molecular formula is C19H21F3O5. The van der Waals surface area contributed by atoms with Crippen LogP contribution in [0.5, 0.6) is 23.0 Å². The van der Waals surface area contributed by atoms with Crippen molar-refractivity contribution in [1.29, 1.82) is 0 Å². The van der Waals surface area contributed by atoms with Crippen LogP contribution < -0.4 is 14.2 Å². The first-order valence-corrected chi connectivity index (χ1v) is 8.14. The lowest BCUT2D eigenvalue weighted by molar-refractivity contribution is -0.139. The minimum absolute atomic E-state index is 0.0415. The maximum atomic E-state index is 13.2. The maximum absolute atomic E-state index is 13.2. The van der Waals surface area contributed by atoms with Crippen LogP contribution in [0.1, 0.15) is 18.1 Å². The molecule has 0 aliphatic heterocycles. The Balaban J connectivity index is 2.24. The molecule has 0 amide bonds. The fraction of sp³-hybridized carbons (Fsp3) is 0.368. The maximum Gasteiger partial charge on any atom is 0.416 e. The Morgan fingerprint density at radius 2 is 1.52 bits per heavy atom. The molecule has 2 rings (SSSR count). The van der Waals surface area contributed by atoms with Crippen LogP contribution in [-0.2, 0) is 22.3 Å². The first-order chi connectivity index (χ1) is 12.9. The van der Waals surface area contributed by atoms with Gasteiger partial charge in [-0.25, -0.2) is 0 Å². The molecule has 8 heteroatoms. The number of hydrogen-bond donors (Lipinski definition) is 0. The molecule has 2 aromatic carbocycles. The van der Waals surface area contributed by atoms with Gasteiger partial charge in [0.1, 0.15) is 18.3 Å². The fourth-order valence-corrected chi connectivity index (χ4v) is 2.34. The quantitative estimate of drug-likeness (QED) is 0.447. The van der Waals surface area contributed by atoms with Gasteiger partial charge in [-0.05, 0) is 42.8 Å². The summed E-state index contributed by atoms with van der Waals surface area (Å²) in [5, 5.41) is 0. The SMILES string of the molecule is CCOCOCc1cc(Oc2ccc(OC)c(OC)c2)ccc1C(F)(F)F. The second-order valence-electron chi connectivity index (χ2n) is 5.39. The van der Waals surface area contributed by atoms with Crippen LogP contribution in [0, 0.1) is 0 Å². The van der Waals surface area contributed by atoms with Crippen LogP contribution in [0.15, 0.2) is 36.4 Å². The van der Waals surface area contributed by atoms with E-state index in [9.17, 15) is 13.2 Å². The van der Waals surface area contributed by atoms with E-state index in [4.69, 9.17) is 23.7 Å². The molecule has 0 heterocycles. The first-order valence-electron chi connectivity index (χ1n) is 8.14. The van der Waals surface area contributed by atoms with Gasteiger partial charge in [-0.15, -0.1) is 0 Å². The van der Waals surface area contributed by atoms with E-state index in [1.165, 1.54) is 26.4 Å². The van der Waals surface area contributed by atoms with E-state index in [1.807, 2.05) is 0 Å². The van der Waals surface area contributed by atoms with Gasteiger partial charge in [0.25, 0.3) is 0 Å². The Hall–Kier alpha value is -2.45. The van der Waals surface area contributed by atoms with Crippen molar-refractivity contribution in [3.05, 3.63) is 47.5 Å². The molecule has 5 nitrogen and oxygen atoms in total. The molecule has 148 valence electrons. The summed E-state index contributed by atoms with van der Waals surface area (Å²) in [6.45, 7) is 1.84. The van der Waals surface area contributed by atoms with E-state index >= 15 is 0 Å². The highest BCUT2D eigenvalue weighted by Gasteiger charge is 2.33. The number of ether oxygens (including phenoxy) is 5. The van der Waals surface area contributed by atoms with Crippen molar-refractivity contribution in [3.63, 3.8) is 0 Å². The van der Waals surface area contributed by atoms with Gasteiger partial charge in [0.2, 0.25) is 0 Å². The highest BCUT2D eigenvalue weighted by Crippen LogP contribution is 2.37. The highest BCUT2D eigenvalue weighted by molar-refractivity contribution is 5.47. The molecule has 0 bridgehead atoms. The molecule has 0 saturated heterocycles. The summed E-state index contributed by atoms with van der Waals surface area (Å²) in [6, 6.07) is 8.38. The summed E-state index contributed by atoms with van der Waals surface area (Å²) in [5.74, 6) is 1.60. The van der Waals surface area contributed by atoms with Gasteiger partial charge in [-0.3, -0.25) is 0 Å². The van der Waals surface area contributed by atoms with Gasteiger partial charge >= 0.3 is 6.18 Å². The highest BCUT2D eigenvalue weighted by atomic mass is 19.4. The van der Waals surface area contributed by atoms with Crippen LogP contribution in [-0.4, -0.2) is 27.6 Å². The number of benzene rings is 2. The monoisotopic (exact) mass is 386 g/mol. The Kier molecular flexibility index (Phi) is 7.32. The van der Waals surface area contributed by atoms with Crippen LogP contribution in [0.3, 0.4) is 0 Å². The Bertz CT molecular complexity index is 747. The third-order valence-electron chi connectivity index (χ3n) is 3.60. The predicted octanol–water partition coefficient (Wildman–Crippen LogP) is 5.03. The van der Waals surface area contributed by atoms with Crippen LogP contribution >= 0.6 is 0 Å². The second kappa shape index (κ2) is 9.48. The molecule has 0 aliphatic rings. The van der Waals surface area contributed by atoms with E-state index in [2.05, 4.69) is 0 Å². The summed E-state index contributed by atoms with van der Waals surface area (Å²) in [4.78, 5) is 0. The molecular weight excluding hydrogens is 365 g/mol. The minimum Gasteiger partial charge on any atom is -0.493 e. The minimum atomic E-state index is -4.49. The standard InChI is InChI=1S/C19H21F3O5/c1-4-25-12-26-11-13-9-14(5-7-16(13)19(20,21)22)27-15-6-8-17(23-2)18(10-15)24-3/h5-10H,4,11-12H2,1-3H3. The van der Waals surface area contributed by atoms with Crippen molar-refractivity contribution in [2.24, 2.45) is 0 Å². The molecule has 27 heavy (non-hydrogen) atoms. The van der Waals surface area contributed by atoms with Crippen LogP contribution in [0.2, 0.25) is 0 Å². The molecule has 0 radical (unpaired) electrons. The summed E-state index contributed by atoms with van der Waals surface area (Å²) in [7, 11) is 2.98. The predicted molar refractivity (Wildman–Crippen MR) is 92.3 cm³/mol. The van der Waals surface area contributed by atoms with Gasteiger partial charge in [0.05, 0.1) is 26.4 Å². The van der Waals surface area contributed by atoms with Crippen molar-refractivity contribution in [1.82, 2.24) is 0 Å². The average molecular weight is 386 g/mol. The van der Waals surface area contributed by atoms with E-state index in [1.54, 1.807) is 25.1 Å². The summed E-state index contributed by atoms with van der Waals surface area (Å²) in [6.07, 6.45) is -4.49. The number of halogens is 3. The molecule has 0 aromatic heterocycles. The smallest absolute Gasteiger partial charge is 0.416 e. The zero-order chi connectivity index (χ0) is 19.9. The lowest BCUT2D eigenvalue weighted by Crippen LogP contribution is -2.11. The van der Waals surface area contributed by atoms with Gasteiger partial charge in [-0.1, -0.05) is 0 Å². The number of methoxy groups -OCH3 is 2. The Labute approximate surface area is 155 Å². The molecule has 0 spiro atoms. The summed E-state index contributed by atoms with van der Waals surface area (Å²) >= 11 is 0. The lowest BCUT2D eigenvalue weighted by Gasteiger charge is -2.15. The molecule has 0 atom stereocenters. The molecule has 0 saturated carbocycles. The van der Waals surface area contributed by atoms with Crippen molar-refractivity contribution in [3.8, 4) is 23.0 Å². The van der Waals surface area contributed by atoms with Crippen molar-refractivity contribution < 1.29 is 36.9 Å². The molecule has 2 aromatic rings. The van der Waals surface area contributed by atoms with E-state index in [0.717, 1.165) is 6.07 Å². The third-order valence-corrected chi connectivity index (χ3v) is 3.60. The molecule has 0 N–H and O–H groups in total. The van der Waals surface area contributed by atoms with Gasteiger partial charge < -0.3 is 23.7 Å². The molecule has 0 fully saturated rings. The van der Waals surface area contributed by atoms with E-state index in [0.29, 0.717) is 23.9 Å².